The number of hydrogen-bond donors (Lipinski definition) is 0. The van der Waals surface area contributed by atoms with E-state index in [2.05, 4.69) is 0 Å². The lowest BCUT2D eigenvalue weighted by atomic mass is 10.1. The van der Waals surface area contributed by atoms with E-state index < -0.39 is 10.0 Å². The summed E-state index contributed by atoms with van der Waals surface area (Å²) in [6, 6.07) is 17.9. The van der Waals surface area contributed by atoms with Gasteiger partial charge in [0.25, 0.3) is 5.91 Å². The maximum absolute atomic E-state index is 13.0. The fourth-order valence-electron chi connectivity index (χ4n) is 3.30. The Morgan fingerprint density at radius 2 is 1.65 bits per heavy atom. The molecule has 164 valence electrons. The molecule has 0 saturated carbocycles. The average molecular weight is 441 g/mol. The van der Waals surface area contributed by atoms with Crippen LogP contribution in [0, 0.1) is 0 Å². The highest BCUT2D eigenvalue weighted by atomic mass is 32.2. The fraction of sp³-hybridized carbons (Fsp3) is 0.292. The van der Waals surface area contributed by atoms with E-state index in [1.807, 2.05) is 36.4 Å². The topological polar surface area (TPSA) is 66.9 Å². The Bertz CT molecular complexity index is 1210. The molecule has 0 atom stereocenters. The molecule has 0 aliphatic carbocycles. The zero-order valence-corrected chi connectivity index (χ0v) is 19.3. The SMILES string of the molecule is COc1ccc2cc(CN(C)C(=O)c3cccc(S(=O)(=O)N(C)C(C)C)c3)ccc2c1. The van der Waals surface area contributed by atoms with Crippen LogP contribution in [0.4, 0.5) is 0 Å². The van der Waals surface area contributed by atoms with E-state index in [1.165, 1.54) is 23.5 Å². The number of sulfonamides is 1. The number of fused-ring (bicyclic) bond motifs is 1. The molecule has 0 saturated heterocycles. The van der Waals surface area contributed by atoms with Crippen LogP contribution in [0.3, 0.4) is 0 Å². The molecule has 0 fully saturated rings. The largest absolute Gasteiger partial charge is 0.497 e. The standard InChI is InChI=1S/C24H28N2O4S/c1-17(2)26(4)31(28,29)23-8-6-7-21(15-23)24(27)25(3)16-18-9-10-20-14-22(30-5)12-11-19(20)13-18/h6-15,17H,16H2,1-5H3. The Kier molecular flexibility index (Phi) is 6.67. The number of nitrogens with zero attached hydrogens (tertiary/aromatic N) is 2. The molecule has 31 heavy (non-hydrogen) atoms. The van der Waals surface area contributed by atoms with Crippen LogP contribution < -0.4 is 4.74 Å². The van der Waals surface area contributed by atoms with E-state index in [0.29, 0.717) is 12.1 Å². The highest BCUT2D eigenvalue weighted by Gasteiger charge is 2.24. The molecule has 3 aromatic rings. The van der Waals surface area contributed by atoms with E-state index in [4.69, 9.17) is 4.74 Å². The third kappa shape index (κ3) is 4.89. The third-order valence-electron chi connectivity index (χ3n) is 5.36. The van der Waals surface area contributed by atoms with Crippen LogP contribution in [0.15, 0.2) is 65.6 Å². The maximum Gasteiger partial charge on any atom is 0.253 e. The molecular formula is C24H28N2O4S. The van der Waals surface area contributed by atoms with Crippen molar-refractivity contribution >= 4 is 26.7 Å². The summed E-state index contributed by atoms with van der Waals surface area (Å²) in [7, 11) is 1.23. The van der Waals surface area contributed by atoms with Crippen molar-refractivity contribution in [3.63, 3.8) is 0 Å². The first-order chi connectivity index (χ1) is 14.6. The summed E-state index contributed by atoms with van der Waals surface area (Å²) in [6.07, 6.45) is 0. The van der Waals surface area contributed by atoms with Gasteiger partial charge in [0.1, 0.15) is 5.75 Å². The summed E-state index contributed by atoms with van der Waals surface area (Å²) in [6.45, 7) is 4.02. The van der Waals surface area contributed by atoms with Crippen molar-refractivity contribution in [1.82, 2.24) is 9.21 Å². The molecule has 0 aliphatic rings. The number of carbonyl (C=O) groups is 1. The van der Waals surface area contributed by atoms with Crippen LogP contribution in [-0.2, 0) is 16.6 Å². The smallest absolute Gasteiger partial charge is 0.253 e. The molecule has 0 radical (unpaired) electrons. The highest BCUT2D eigenvalue weighted by Crippen LogP contribution is 2.23. The predicted octanol–water partition coefficient (Wildman–Crippen LogP) is 4.15. The Balaban J connectivity index is 1.81. The number of carbonyl (C=O) groups excluding carboxylic acids is 1. The van der Waals surface area contributed by atoms with Gasteiger partial charge in [0.05, 0.1) is 12.0 Å². The minimum absolute atomic E-state index is 0.114. The van der Waals surface area contributed by atoms with Crippen molar-refractivity contribution < 1.29 is 17.9 Å². The molecule has 0 N–H and O–H groups in total. The monoisotopic (exact) mass is 440 g/mol. The molecule has 0 aromatic heterocycles. The molecule has 7 heteroatoms. The first-order valence-corrected chi connectivity index (χ1v) is 11.5. The van der Waals surface area contributed by atoms with Gasteiger partial charge in [0.2, 0.25) is 10.0 Å². The Morgan fingerprint density at radius 3 is 2.32 bits per heavy atom. The van der Waals surface area contributed by atoms with Gasteiger partial charge in [-0.25, -0.2) is 8.42 Å². The Morgan fingerprint density at radius 1 is 0.968 bits per heavy atom. The van der Waals surface area contributed by atoms with Gasteiger partial charge in [0.15, 0.2) is 0 Å². The summed E-state index contributed by atoms with van der Waals surface area (Å²) in [5.74, 6) is 0.560. The number of rotatable bonds is 7. The lowest BCUT2D eigenvalue weighted by Gasteiger charge is -2.22. The molecule has 0 bridgehead atoms. The van der Waals surface area contributed by atoms with Gasteiger partial charge in [-0.1, -0.05) is 24.3 Å². The van der Waals surface area contributed by atoms with Crippen LogP contribution in [0.1, 0.15) is 29.8 Å². The van der Waals surface area contributed by atoms with E-state index in [0.717, 1.165) is 22.1 Å². The summed E-state index contributed by atoms with van der Waals surface area (Å²) < 4.78 is 32.1. The van der Waals surface area contributed by atoms with Gasteiger partial charge >= 0.3 is 0 Å². The van der Waals surface area contributed by atoms with Crippen molar-refractivity contribution in [2.45, 2.75) is 31.3 Å². The second-order valence-electron chi connectivity index (χ2n) is 7.85. The highest BCUT2D eigenvalue weighted by molar-refractivity contribution is 7.89. The zero-order chi connectivity index (χ0) is 22.8. The van der Waals surface area contributed by atoms with Crippen molar-refractivity contribution in [2.75, 3.05) is 21.2 Å². The summed E-state index contributed by atoms with van der Waals surface area (Å²) in [5, 5.41) is 2.12. The second-order valence-corrected chi connectivity index (χ2v) is 9.85. The number of methoxy groups -OCH3 is 1. The quantitative estimate of drug-likeness (QED) is 0.554. The van der Waals surface area contributed by atoms with E-state index in [1.54, 1.807) is 45.0 Å². The molecule has 6 nitrogen and oxygen atoms in total. The van der Waals surface area contributed by atoms with E-state index in [-0.39, 0.29) is 16.8 Å². The van der Waals surface area contributed by atoms with E-state index >= 15 is 0 Å². The van der Waals surface area contributed by atoms with Crippen LogP contribution in [-0.4, -0.2) is 50.8 Å². The molecular weight excluding hydrogens is 412 g/mol. The van der Waals surface area contributed by atoms with Crippen LogP contribution in [0.25, 0.3) is 10.8 Å². The number of hydrogen-bond acceptors (Lipinski definition) is 4. The predicted molar refractivity (Wildman–Crippen MR) is 123 cm³/mol. The minimum Gasteiger partial charge on any atom is -0.497 e. The Labute approximate surface area is 184 Å². The second kappa shape index (κ2) is 9.08. The van der Waals surface area contributed by atoms with Gasteiger partial charge in [0, 0.05) is 32.2 Å². The van der Waals surface area contributed by atoms with Crippen LogP contribution in [0.5, 0.6) is 5.75 Å². The first-order valence-electron chi connectivity index (χ1n) is 10.0. The molecule has 1 amide bonds. The van der Waals surface area contributed by atoms with Crippen LogP contribution in [0.2, 0.25) is 0 Å². The van der Waals surface area contributed by atoms with Crippen molar-refractivity contribution in [3.8, 4) is 5.75 Å². The van der Waals surface area contributed by atoms with Gasteiger partial charge in [-0.3, -0.25) is 4.79 Å². The van der Waals surface area contributed by atoms with Crippen molar-refractivity contribution in [2.24, 2.45) is 0 Å². The maximum atomic E-state index is 13.0. The summed E-state index contributed by atoms with van der Waals surface area (Å²) >= 11 is 0. The van der Waals surface area contributed by atoms with Gasteiger partial charge < -0.3 is 9.64 Å². The Hall–Kier alpha value is -2.90. The zero-order valence-electron chi connectivity index (χ0n) is 18.5. The summed E-state index contributed by atoms with van der Waals surface area (Å²) in [4.78, 5) is 14.7. The lowest BCUT2D eigenvalue weighted by molar-refractivity contribution is 0.0785. The number of benzene rings is 3. The van der Waals surface area contributed by atoms with Crippen molar-refractivity contribution in [3.05, 3.63) is 71.8 Å². The molecule has 0 heterocycles. The fourth-order valence-corrected chi connectivity index (χ4v) is 4.71. The lowest BCUT2D eigenvalue weighted by Crippen LogP contribution is -2.33. The molecule has 3 aromatic carbocycles. The molecule has 0 unspecified atom stereocenters. The number of amides is 1. The molecule has 0 aliphatic heterocycles. The van der Waals surface area contributed by atoms with Gasteiger partial charge in [-0.2, -0.15) is 4.31 Å². The molecule has 3 rings (SSSR count). The van der Waals surface area contributed by atoms with E-state index in [9.17, 15) is 13.2 Å². The van der Waals surface area contributed by atoms with Gasteiger partial charge in [-0.15, -0.1) is 0 Å². The summed E-state index contributed by atoms with van der Waals surface area (Å²) in [5.41, 5.74) is 1.32. The normalized spacial score (nSPS) is 11.8. The van der Waals surface area contributed by atoms with Crippen LogP contribution >= 0.6 is 0 Å². The minimum atomic E-state index is -3.66. The third-order valence-corrected chi connectivity index (χ3v) is 7.39. The first kappa shape index (κ1) is 22.8. The van der Waals surface area contributed by atoms with Crippen molar-refractivity contribution in [1.29, 1.82) is 0 Å². The average Bonchev–Trinajstić information content (AvgIpc) is 2.77. The number of ether oxygens (including phenoxy) is 1. The molecule has 0 spiro atoms. The van der Waals surface area contributed by atoms with Gasteiger partial charge in [-0.05, 0) is 66.6 Å².